The van der Waals surface area contributed by atoms with E-state index < -0.39 is 17.7 Å². The van der Waals surface area contributed by atoms with Crippen molar-refractivity contribution in [1.29, 1.82) is 0 Å². The quantitative estimate of drug-likeness (QED) is 0.870. The Hall–Kier alpha value is -1.25. The van der Waals surface area contributed by atoms with Crippen LogP contribution in [0.1, 0.15) is 21.5 Å². The summed E-state index contributed by atoms with van der Waals surface area (Å²) < 4.78 is 42.8. The van der Waals surface area contributed by atoms with Gasteiger partial charge in [0.2, 0.25) is 0 Å². The van der Waals surface area contributed by atoms with E-state index in [9.17, 15) is 18.0 Å². The largest absolute Gasteiger partial charge is 0.478 e. The normalized spacial score (nSPS) is 17.6. The van der Waals surface area contributed by atoms with Gasteiger partial charge < -0.3 is 5.11 Å². The summed E-state index contributed by atoms with van der Waals surface area (Å²) in [7, 11) is 1.86. The van der Waals surface area contributed by atoms with E-state index in [2.05, 4.69) is 0 Å². The van der Waals surface area contributed by atoms with Gasteiger partial charge in [0, 0.05) is 31.8 Å². The fourth-order valence-corrected chi connectivity index (χ4v) is 2.86. The van der Waals surface area contributed by atoms with E-state index in [1.54, 1.807) is 0 Å². The van der Waals surface area contributed by atoms with Crippen LogP contribution in [0.25, 0.3) is 0 Å². The number of alkyl halides is 3. The summed E-state index contributed by atoms with van der Waals surface area (Å²) in [6, 6.07) is 3.14. The fraction of sp³-hybridized carbons (Fsp3) is 0.417. The maximum atomic E-state index is 13.0. The lowest BCUT2D eigenvalue weighted by Crippen LogP contribution is -2.17. The molecular weight excluding hydrogens is 293 g/mol. The number of carbonyl (C=O) groups is 1. The van der Waals surface area contributed by atoms with Crippen LogP contribution in [0.15, 0.2) is 18.2 Å². The van der Waals surface area contributed by atoms with Crippen LogP contribution >= 0.6 is 12.1 Å². The summed E-state index contributed by atoms with van der Waals surface area (Å²) in [5.41, 5.74) is -1.15. The predicted molar refractivity (Wildman–Crippen MR) is 69.0 cm³/mol. The third kappa shape index (κ3) is 3.44. The summed E-state index contributed by atoms with van der Waals surface area (Å²) >= 11 is 1.37. The van der Waals surface area contributed by atoms with Crippen molar-refractivity contribution < 1.29 is 23.1 Å². The number of carboxylic acid groups (broad SMARTS) is 1. The maximum Gasteiger partial charge on any atom is 0.416 e. The highest BCUT2D eigenvalue weighted by Crippen LogP contribution is 2.35. The number of nitrogens with zero attached hydrogens (tertiary/aromatic N) is 2. The van der Waals surface area contributed by atoms with E-state index in [1.165, 1.54) is 24.3 Å². The van der Waals surface area contributed by atoms with Gasteiger partial charge in [-0.2, -0.15) is 13.2 Å². The first-order valence-corrected chi connectivity index (χ1v) is 6.58. The van der Waals surface area contributed by atoms with E-state index in [0.29, 0.717) is 12.6 Å². The van der Waals surface area contributed by atoms with E-state index in [-0.39, 0.29) is 17.7 Å². The zero-order valence-electron chi connectivity index (χ0n) is 10.6. The van der Waals surface area contributed by atoms with Crippen LogP contribution in [0.5, 0.6) is 0 Å². The van der Waals surface area contributed by atoms with Crippen molar-refractivity contribution in [3.63, 3.8) is 0 Å². The van der Waals surface area contributed by atoms with Crippen molar-refractivity contribution in [3.8, 4) is 0 Å². The van der Waals surface area contributed by atoms with Gasteiger partial charge in [-0.15, -0.1) is 0 Å². The highest BCUT2D eigenvalue weighted by Gasteiger charge is 2.35. The van der Waals surface area contributed by atoms with Crippen LogP contribution in [0.3, 0.4) is 0 Å². The summed E-state index contributed by atoms with van der Waals surface area (Å²) in [6.45, 7) is 1.57. The molecule has 8 heteroatoms. The van der Waals surface area contributed by atoms with Crippen molar-refractivity contribution in [2.24, 2.45) is 0 Å². The molecule has 1 aromatic rings. The van der Waals surface area contributed by atoms with Crippen LogP contribution in [0, 0.1) is 0 Å². The molecule has 2 rings (SSSR count). The predicted octanol–water partition coefficient (Wildman–Crippen LogP) is 2.71. The molecule has 1 aliphatic heterocycles. The first-order valence-electron chi connectivity index (χ1n) is 5.85. The Bertz CT molecular complexity index is 522. The molecule has 0 amide bonds. The topological polar surface area (TPSA) is 43.8 Å². The van der Waals surface area contributed by atoms with Gasteiger partial charge in [0.05, 0.1) is 11.1 Å². The lowest BCUT2D eigenvalue weighted by molar-refractivity contribution is -0.138. The van der Waals surface area contributed by atoms with Crippen LogP contribution in [-0.4, -0.2) is 39.8 Å². The molecule has 1 aromatic carbocycles. The van der Waals surface area contributed by atoms with Crippen LogP contribution in [0.4, 0.5) is 13.2 Å². The monoisotopic (exact) mass is 306 g/mol. The van der Waals surface area contributed by atoms with E-state index in [0.717, 1.165) is 6.54 Å². The molecular formula is C12H13F3N2O2S. The second-order valence-corrected chi connectivity index (χ2v) is 5.77. The SMILES string of the molecule is CN1CCN(Cc2ccc(C(=O)O)cc2C(F)(F)F)S1. The van der Waals surface area contributed by atoms with E-state index >= 15 is 0 Å². The molecule has 0 aliphatic carbocycles. The van der Waals surface area contributed by atoms with Crippen molar-refractivity contribution in [3.05, 3.63) is 34.9 Å². The number of carboxylic acids is 1. The second-order valence-electron chi connectivity index (χ2n) is 4.47. The lowest BCUT2D eigenvalue weighted by Gasteiger charge is -2.18. The summed E-state index contributed by atoms with van der Waals surface area (Å²) in [5, 5.41) is 8.80. The highest BCUT2D eigenvalue weighted by atomic mass is 32.2. The van der Waals surface area contributed by atoms with Gasteiger partial charge in [0.15, 0.2) is 0 Å². The van der Waals surface area contributed by atoms with Crippen LogP contribution in [-0.2, 0) is 12.7 Å². The molecule has 0 atom stereocenters. The standard InChI is InChI=1S/C12H13F3N2O2S/c1-16-4-5-17(20-16)7-9-3-2-8(11(18)19)6-10(9)12(13,14)15/h2-3,6H,4-5,7H2,1H3,(H,18,19). The zero-order valence-corrected chi connectivity index (χ0v) is 11.5. The number of hydrogen-bond acceptors (Lipinski definition) is 4. The first kappa shape index (κ1) is 15.1. The second kappa shape index (κ2) is 5.63. The Kier molecular flexibility index (Phi) is 4.26. The summed E-state index contributed by atoms with van der Waals surface area (Å²) in [5.74, 6) is -1.36. The molecule has 0 spiro atoms. The van der Waals surface area contributed by atoms with Crippen LogP contribution in [0.2, 0.25) is 0 Å². The Balaban J connectivity index is 2.29. The molecule has 0 unspecified atom stereocenters. The van der Waals surface area contributed by atoms with Crippen molar-refractivity contribution in [2.75, 3.05) is 20.1 Å². The molecule has 1 saturated heterocycles. The van der Waals surface area contributed by atoms with Gasteiger partial charge in [-0.25, -0.2) is 13.4 Å². The van der Waals surface area contributed by atoms with Crippen molar-refractivity contribution >= 4 is 18.1 Å². The highest BCUT2D eigenvalue weighted by molar-refractivity contribution is 7.94. The van der Waals surface area contributed by atoms with Gasteiger partial charge in [-0.3, -0.25) is 0 Å². The van der Waals surface area contributed by atoms with Gasteiger partial charge in [-0.05, 0) is 24.7 Å². The number of rotatable bonds is 3. The lowest BCUT2D eigenvalue weighted by atomic mass is 10.0. The van der Waals surface area contributed by atoms with Gasteiger partial charge in [0.1, 0.15) is 0 Å². The first-order chi connectivity index (χ1) is 9.27. The molecule has 1 aliphatic rings. The maximum absolute atomic E-state index is 13.0. The Morgan fingerprint density at radius 1 is 1.40 bits per heavy atom. The average molecular weight is 306 g/mol. The fourth-order valence-electron chi connectivity index (χ4n) is 1.94. The van der Waals surface area contributed by atoms with Crippen molar-refractivity contribution in [1.82, 2.24) is 8.61 Å². The van der Waals surface area contributed by atoms with Gasteiger partial charge in [-0.1, -0.05) is 6.07 Å². The molecule has 1 heterocycles. The van der Waals surface area contributed by atoms with E-state index in [1.807, 2.05) is 15.7 Å². The Morgan fingerprint density at radius 2 is 2.10 bits per heavy atom. The molecule has 0 bridgehead atoms. The molecule has 110 valence electrons. The van der Waals surface area contributed by atoms with Crippen molar-refractivity contribution in [2.45, 2.75) is 12.7 Å². The molecule has 0 aromatic heterocycles. The zero-order chi connectivity index (χ0) is 14.9. The minimum atomic E-state index is -4.56. The number of hydrogen-bond donors (Lipinski definition) is 1. The molecule has 20 heavy (non-hydrogen) atoms. The van der Waals surface area contributed by atoms with Gasteiger partial charge >= 0.3 is 12.1 Å². The van der Waals surface area contributed by atoms with Crippen LogP contribution < -0.4 is 0 Å². The average Bonchev–Trinajstić information content (AvgIpc) is 2.73. The number of halogens is 3. The third-order valence-corrected chi connectivity index (χ3v) is 3.93. The smallest absolute Gasteiger partial charge is 0.416 e. The van der Waals surface area contributed by atoms with E-state index in [4.69, 9.17) is 5.11 Å². The molecule has 0 saturated carbocycles. The number of aromatic carboxylic acids is 1. The molecule has 1 N–H and O–H groups in total. The molecule has 0 radical (unpaired) electrons. The molecule has 4 nitrogen and oxygen atoms in total. The number of benzene rings is 1. The minimum absolute atomic E-state index is 0.0882. The Labute approximate surface area is 118 Å². The summed E-state index contributed by atoms with van der Waals surface area (Å²) in [6.07, 6.45) is -4.56. The molecule has 1 fully saturated rings. The third-order valence-electron chi connectivity index (χ3n) is 2.93. The Morgan fingerprint density at radius 3 is 2.60 bits per heavy atom. The minimum Gasteiger partial charge on any atom is -0.478 e. The number of likely N-dealkylation sites (N-methyl/N-ethyl adjacent to an activating group) is 1. The van der Waals surface area contributed by atoms with Gasteiger partial charge in [0.25, 0.3) is 0 Å². The summed E-state index contributed by atoms with van der Waals surface area (Å²) in [4.78, 5) is 10.8.